The zero-order chi connectivity index (χ0) is 15.2. The van der Waals surface area contributed by atoms with Crippen LogP contribution in [0.5, 0.6) is 0 Å². The molecule has 0 aliphatic heterocycles. The zero-order valence-electron chi connectivity index (χ0n) is 11.5. The van der Waals surface area contributed by atoms with Crippen LogP contribution >= 0.6 is 0 Å². The molecule has 2 nitrogen and oxygen atoms in total. The highest BCUT2D eigenvalue weighted by atomic mass is 19.4. The Bertz CT molecular complexity index is 524. The summed E-state index contributed by atoms with van der Waals surface area (Å²) >= 11 is 0. The largest absolute Gasteiger partial charge is 0.416 e. The Labute approximate surface area is 116 Å². The molecule has 0 spiro atoms. The van der Waals surface area contributed by atoms with Crippen LogP contribution in [0.4, 0.5) is 13.2 Å². The highest BCUT2D eigenvalue weighted by molar-refractivity contribution is 5.24. The van der Waals surface area contributed by atoms with Gasteiger partial charge in [0, 0.05) is 11.9 Å². The summed E-state index contributed by atoms with van der Waals surface area (Å²) in [4.78, 5) is 3.91. The first kappa shape index (κ1) is 16.0. The van der Waals surface area contributed by atoms with E-state index >= 15 is 0 Å². The van der Waals surface area contributed by atoms with Crippen molar-refractivity contribution < 1.29 is 13.2 Å². The molecule has 0 fully saturated rings. The average molecular weight is 282 g/mol. The summed E-state index contributed by atoms with van der Waals surface area (Å²) in [6.07, 6.45) is 2.12. The second-order valence-electron chi connectivity index (χ2n) is 4.46. The van der Waals surface area contributed by atoms with Gasteiger partial charge in [0.25, 0.3) is 0 Å². The number of allylic oxidation sites excluding steroid dienone is 4. The van der Waals surface area contributed by atoms with Gasteiger partial charge in [0.2, 0.25) is 0 Å². The fraction of sp³-hybridized carbons (Fsp3) is 0.267. The van der Waals surface area contributed by atoms with E-state index in [0.717, 1.165) is 29.6 Å². The fourth-order valence-corrected chi connectivity index (χ4v) is 1.40. The monoisotopic (exact) mass is 282 g/mol. The van der Waals surface area contributed by atoms with Crippen molar-refractivity contribution in [3.05, 3.63) is 65.7 Å². The molecule has 0 unspecified atom stereocenters. The molecule has 5 heteroatoms. The number of rotatable bonds is 5. The quantitative estimate of drug-likeness (QED) is 0.818. The minimum Gasteiger partial charge on any atom is -0.379 e. The molecular weight excluding hydrogens is 265 g/mol. The lowest BCUT2D eigenvalue weighted by Gasteiger charge is -2.09. The van der Waals surface area contributed by atoms with Crippen LogP contribution in [0.25, 0.3) is 0 Å². The molecule has 0 bridgehead atoms. The second kappa shape index (κ2) is 6.93. The SMILES string of the molecule is C=C/C(=C\C=C(C)C)NCc1cc(C(F)(F)F)ccn1. The Hall–Kier alpha value is -2.04. The maximum absolute atomic E-state index is 12.6. The van der Waals surface area contributed by atoms with Crippen molar-refractivity contribution in [2.45, 2.75) is 26.6 Å². The molecule has 0 saturated heterocycles. The van der Waals surface area contributed by atoms with E-state index in [9.17, 15) is 13.2 Å². The average Bonchev–Trinajstić information content (AvgIpc) is 2.38. The standard InChI is InChI=1S/C15H17F3N2/c1-4-13(6-5-11(2)3)20-10-14-9-12(7-8-19-14)15(16,17)18/h4-9,20H,1,10H2,2-3H3/b13-6+. The minimum atomic E-state index is -4.35. The summed E-state index contributed by atoms with van der Waals surface area (Å²) in [7, 11) is 0. The molecular formula is C15H17F3N2. The number of hydrogen-bond acceptors (Lipinski definition) is 2. The van der Waals surface area contributed by atoms with Gasteiger partial charge in [-0.25, -0.2) is 0 Å². The molecule has 1 aromatic heterocycles. The summed E-state index contributed by atoms with van der Waals surface area (Å²) < 4.78 is 37.7. The molecule has 0 aliphatic carbocycles. The molecule has 1 rings (SSSR count). The third-order valence-electron chi connectivity index (χ3n) is 2.43. The first-order valence-corrected chi connectivity index (χ1v) is 6.06. The van der Waals surface area contributed by atoms with Crippen molar-refractivity contribution in [3.8, 4) is 0 Å². The molecule has 0 amide bonds. The van der Waals surface area contributed by atoms with Gasteiger partial charge in [-0.15, -0.1) is 0 Å². The van der Waals surface area contributed by atoms with Crippen LogP contribution in [0.1, 0.15) is 25.1 Å². The van der Waals surface area contributed by atoms with Gasteiger partial charge in [0.1, 0.15) is 0 Å². The summed E-state index contributed by atoms with van der Waals surface area (Å²) in [5.41, 5.74) is 1.47. The van der Waals surface area contributed by atoms with E-state index in [1.54, 1.807) is 6.08 Å². The maximum Gasteiger partial charge on any atom is 0.416 e. The van der Waals surface area contributed by atoms with Crippen molar-refractivity contribution in [2.75, 3.05) is 0 Å². The summed E-state index contributed by atoms with van der Waals surface area (Å²) in [5.74, 6) is 0. The molecule has 0 aromatic carbocycles. The van der Waals surface area contributed by atoms with Gasteiger partial charge < -0.3 is 5.32 Å². The zero-order valence-corrected chi connectivity index (χ0v) is 11.5. The van der Waals surface area contributed by atoms with Gasteiger partial charge in [-0.3, -0.25) is 4.98 Å². The van der Waals surface area contributed by atoms with E-state index in [1.807, 2.05) is 26.0 Å². The Balaban J connectivity index is 2.77. The van der Waals surface area contributed by atoms with Crippen molar-refractivity contribution in [3.63, 3.8) is 0 Å². The van der Waals surface area contributed by atoms with Crippen LogP contribution in [-0.2, 0) is 12.7 Å². The van der Waals surface area contributed by atoms with Crippen LogP contribution in [0.15, 0.2) is 54.4 Å². The van der Waals surface area contributed by atoms with Crippen molar-refractivity contribution >= 4 is 0 Å². The molecule has 0 aliphatic rings. The van der Waals surface area contributed by atoms with Gasteiger partial charge in [0.15, 0.2) is 0 Å². The van der Waals surface area contributed by atoms with E-state index in [-0.39, 0.29) is 6.54 Å². The normalized spacial score (nSPS) is 11.9. The van der Waals surface area contributed by atoms with E-state index in [0.29, 0.717) is 5.69 Å². The van der Waals surface area contributed by atoms with Crippen LogP contribution in [0.2, 0.25) is 0 Å². The third kappa shape index (κ3) is 5.30. The fourth-order valence-electron chi connectivity index (χ4n) is 1.40. The van der Waals surface area contributed by atoms with Crippen LogP contribution in [0.3, 0.4) is 0 Å². The lowest BCUT2D eigenvalue weighted by atomic mass is 10.2. The van der Waals surface area contributed by atoms with Crippen molar-refractivity contribution in [1.29, 1.82) is 0 Å². The van der Waals surface area contributed by atoms with Gasteiger partial charge in [-0.1, -0.05) is 18.2 Å². The van der Waals surface area contributed by atoms with Gasteiger partial charge in [0.05, 0.1) is 17.8 Å². The van der Waals surface area contributed by atoms with E-state index in [2.05, 4.69) is 16.9 Å². The number of hydrogen-bond donors (Lipinski definition) is 1. The number of pyridine rings is 1. The van der Waals surface area contributed by atoms with Gasteiger partial charge >= 0.3 is 6.18 Å². The number of aromatic nitrogens is 1. The van der Waals surface area contributed by atoms with Crippen LogP contribution in [0, 0.1) is 0 Å². The minimum absolute atomic E-state index is 0.207. The van der Waals surface area contributed by atoms with Gasteiger partial charge in [-0.2, -0.15) is 13.2 Å². The number of halogens is 3. The maximum atomic E-state index is 12.6. The second-order valence-corrected chi connectivity index (χ2v) is 4.46. The van der Waals surface area contributed by atoms with Crippen molar-refractivity contribution in [2.24, 2.45) is 0 Å². The molecule has 0 atom stereocenters. The first-order valence-electron chi connectivity index (χ1n) is 6.06. The van der Waals surface area contributed by atoms with Gasteiger partial charge in [-0.05, 0) is 38.1 Å². The molecule has 1 heterocycles. The lowest BCUT2D eigenvalue weighted by Crippen LogP contribution is -2.13. The Morgan fingerprint density at radius 3 is 2.60 bits per heavy atom. The van der Waals surface area contributed by atoms with Crippen LogP contribution < -0.4 is 5.32 Å². The number of nitrogens with one attached hydrogen (secondary N) is 1. The van der Waals surface area contributed by atoms with E-state index in [1.165, 1.54) is 0 Å². The smallest absolute Gasteiger partial charge is 0.379 e. The predicted octanol–water partition coefficient (Wildman–Crippen LogP) is 4.23. The summed E-state index contributed by atoms with van der Waals surface area (Å²) in [6, 6.07) is 1.99. The summed E-state index contributed by atoms with van der Waals surface area (Å²) in [5, 5.41) is 2.99. The number of alkyl halides is 3. The Morgan fingerprint density at radius 1 is 1.35 bits per heavy atom. The van der Waals surface area contributed by atoms with E-state index < -0.39 is 11.7 Å². The van der Waals surface area contributed by atoms with Crippen LogP contribution in [-0.4, -0.2) is 4.98 Å². The molecule has 1 aromatic rings. The summed E-state index contributed by atoms with van der Waals surface area (Å²) in [6.45, 7) is 7.75. The molecule has 0 radical (unpaired) electrons. The third-order valence-corrected chi connectivity index (χ3v) is 2.43. The first-order chi connectivity index (χ1) is 9.32. The molecule has 20 heavy (non-hydrogen) atoms. The molecule has 0 saturated carbocycles. The molecule has 108 valence electrons. The molecule has 1 N–H and O–H groups in total. The highest BCUT2D eigenvalue weighted by Crippen LogP contribution is 2.28. The topological polar surface area (TPSA) is 24.9 Å². The Morgan fingerprint density at radius 2 is 2.05 bits per heavy atom. The lowest BCUT2D eigenvalue weighted by molar-refractivity contribution is -0.137. The van der Waals surface area contributed by atoms with Crippen molar-refractivity contribution in [1.82, 2.24) is 10.3 Å². The van der Waals surface area contributed by atoms with E-state index in [4.69, 9.17) is 0 Å². The highest BCUT2D eigenvalue weighted by Gasteiger charge is 2.30. The number of nitrogens with zero attached hydrogens (tertiary/aromatic N) is 1. The Kier molecular flexibility index (Phi) is 5.55. The predicted molar refractivity (Wildman–Crippen MR) is 73.8 cm³/mol.